The highest BCUT2D eigenvalue weighted by Crippen LogP contribution is 2.19. The Balaban J connectivity index is 2.76. The number of benzene rings is 1. The topological polar surface area (TPSA) is 102 Å². The molecule has 0 bridgehead atoms. The molecule has 1 aromatic rings. The number of nitrogens with two attached hydrogens (primary N) is 1. The SMILES string of the molecule is CC(CCN(C)C)NC(=O)c1cc([N+](=O)[O-])ccc1N. The zero-order valence-electron chi connectivity index (χ0n) is 11.9. The van der Waals surface area contributed by atoms with Crippen molar-refractivity contribution in [3.05, 3.63) is 33.9 Å². The molecule has 1 unspecified atom stereocenters. The number of nitrogen functional groups attached to an aromatic ring is 1. The standard InChI is InChI=1S/C13H20N4O3/c1-9(6-7-16(2)3)15-13(18)11-8-10(17(19)20)4-5-12(11)14/h4-5,8-9H,6-7,14H2,1-3H3,(H,15,18). The number of amides is 1. The van der Waals surface area contributed by atoms with Gasteiger partial charge in [0.15, 0.2) is 0 Å². The second-order valence-electron chi connectivity index (χ2n) is 5.00. The molecule has 1 amide bonds. The average Bonchev–Trinajstić information content (AvgIpc) is 2.36. The summed E-state index contributed by atoms with van der Waals surface area (Å²) >= 11 is 0. The maximum atomic E-state index is 12.1. The predicted molar refractivity (Wildman–Crippen MR) is 77.6 cm³/mol. The Morgan fingerprint density at radius 1 is 1.50 bits per heavy atom. The Morgan fingerprint density at radius 3 is 2.70 bits per heavy atom. The first-order chi connectivity index (χ1) is 9.31. The third kappa shape index (κ3) is 4.51. The summed E-state index contributed by atoms with van der Waals surface area (Å²) in [5, 5.41) is 13.5. The summed E-state index contributed by atoms with van der Waals surface area (Å²) in [5.41, 5.74) is 5.91. The number of nitrogens with one attached hydrogen (secondary N) is 1. The quantitative estimate of drug-likeness (QED) is 0.464. The molecule has 7 heteroatoms. The van der Waals surface area contributed by atoms with E-state index in [4.69, 9.17) is 5.73 Å². The van der Waals surface area contributed by atoms with Gasteiger partial charge in [0, 0.05) is 23.9 Å². The third-order valence-electron chi connectivity index (χ3n) is 2.88. The molecule has 0 aliphatic carbocycles. The summed E-state index contributed by atoms with van der Waals surface area (Å²) in [5.74, 6) is -0.391. The zero-order valence-corrected chi connectivity index (χ0v) is 11.9. The minimum Gasteiger partial charge on any atom is -0.398 e. The van der Waals surface area contributed by atoms with E-state index >= 15 is 0 Å². The van der Waals surface area contributed by atoms with Gasteiger partial charge < -0.3 is 16.0 Å². The lowest BCUT2D eigenvalue weighted by Crippen LogP contribution is -2.35. The van der Waals surface area contributed by atoms with Crippen LogP contribution in [-0.4, -0.2) is 42.4 Å². The number of nitro groups is 1. The van der Waals surface area contributed by atoms with Crippen LogP contribution in [0.4, 0.5) is 11.4 Å². The summed E-state index contributed by atoms with van der Waals surface area (Å²) in [7, 11) is 3.90. The molecular weight excluding hydrogens is 260 g/mol. The van der Waals surface area contributed by atoms with Crippen LogP contribution in [0.15, 0.2) is 18.2 Å². The normalized spacial score (nSPS) is 12.2. The fourth-order valence-corrected chi connectivity index (χ4v) is 1.68. The average molecular weight is 280 g/mol. The van der Waals surface area contributed by atoms with Crippen molar-refractivity contribution >= 4 is 17.3 Å². The highest BCUT2D eigenvalue weighted by molar-refractivity contribution is 5.99. The molecule has 0 aliphatic heterocycles. The molecule has 3 N–H and O–H groups in total. The van der Waals surface area contributed by atoms with Crippen LogP contribution >= 0.6 is 0 Å². The van der Waals surface area contributed by atoms with E-state index in [0.29, 0.717) is 0 Å². The van der Waals surface area contributed by atoms with Crippen molar-refractivity contribution in [3.8, 4) is 0 Å². The fraction of sp³-hybridized carbons (Fsp3) is 0.462. The van der Waals surface area contributed by atoms with E-state index in [1.165, 1.54) is 18.2 Å². The predicted octanol–water partition coefficient (Wildman–Crippen LogP) is 1.25. The molecule has 0 saturated heterocycles. The number of nitro benzene ring substituents is 1. The summed E-state index contributed by atoms with van der Waals surface area (Å²) in [6.07, 6.45) is 0.785. The number of carbonyl (C=O) groups is 1. The second-order valence-corrected chi connectivity index (χ2v) is 5.00. The lowest BCUT2D eigenvalue weighted by Gasteiger charge is -2.17. The molecule has 0 fully saturated rings. The van der Waals surface area contributed by atoms with Gasteiger partial charge in [0.1, 0.15) is 0 Å². The van der Waals surface area contributed by atoms with Crippen molar-refractivity contribution in [1.82, 2.24) is 10.2 Å². The van der Waals surface area contributed by atoms with Crippen LogP contribution in [0.1, 0.15) is 23.7 Å². The minimum atomic E-state index is -0.550. The van der Waals surface area contributed by atoms with Crippen LogP contribution in [0.5, 0.6) is 0 Å². The van der Waals surface area contributed by atoms with Crippen molar-refractivity contribution in [3.63, 3.8) is 0 Å². The first kappa shape index (κ1) is 15.9. The first-order valence-electron chi connectivity index (χ1n) is 6.30. The van der Waals surface area contributed by atoms with E-state index < -0.39 is 10.8 Å². The molecule has 20 heavy (non-hydrogen) atoms. The van der Waals surface area contributed by atoms with Crippen molar-refractivity contribution in [2.45, 2.75) is 19.4 Å². The van der Waals surface area contributed by atoms with Gasteiger partial charge in [-0.2, -0.15) is 0 Å². The molecule has 1 atom stereocenters. The van der Waals surface area contributed by atoms with Crippen LogP contribution in [-0.2, 0) is 0 Å². The maximum absolute atomic E-state index is 12.1. The Labute approximate surface area is 117 Å². The summed E-state index contributed by atoms with van der Waals surface area (Å²) in [4.78, 5) is 24.3. The monoisotopic (exact) mass is 280 g/mol. The van der Waals surface area contributed by atoms with Gasteiger partial charge in [-0.3, -0.25) is 14.9 Å². The van der Waals surface area contributed by atoms with E-state index in [-0.39, 0.29) is 23.0 Å². The zero-order chi connectivity index (χ0) is 15.3. The van der Waals surface area contributed by atoms with E-state index in [2.05, 4.69) is 5.32 Å². The Kier molecular flexibility index (Phi) is 5.45. The van der Waals surface area contributed by atoms with Crippen molar-refractivity contribution < 1.29 is 9.72 Å². The van der Waals surface area contributed by atoms with Gasteiger partial charge in [-0.15, -0.1) is 0 Å². The number of hydrogen-bond acceptors (Lipinski definition) is 5. The molecule has 0 heterocycles. The van der Waals surface area contributed by atoms with E-state index in [9.17, 15) is 14.9 Å². The van der Waals surface area contributed by atoms with Crippen LogP contribution in [0.3, 0.4) is 0 Å². The van der Waals surface area contributed by atoms with Gasteiger partial charge in [-0.05, 0) is 40.1 Å². The Hall–Kier alpha value is -2.15. The minimum absolute atomic E-state index is 0.0384. The smallest absolute Gasteiger partial charge is 0.270 e. The van der Waals surface area contributed by atoms with Gasteiger partial charge in [0.25, 0.3) is 11.6 Å². The molecule has 1 rings (SSSR count). The number of nitrogens with zero attached hydrogens (tertiary/aromatic N) is 2. The van der Waals surface area contributed by atoms with Crippen LogP contribution in [0.2, 0.25) is 0 Å². The van der Waals surface area contributed by atoms with Gasteiger partial charge in [0.2, 0.25) is 0 Å². The van der Waals surface area contributed by atoms with E-state index in [0.717, 1.165) is 13.0 Å². The van der Waals surface area contributed by atoms with Crippen molar-refractivity contribution in [1.29, 1.82) is 0 Å². The number of carbonyl (C=O) groups excluding carboxylic acids is 1. The molecular formula is C13H20N4O3. The van der Waals surface area contributed by atoms with Crippen LogP contribution in [0.25, 0.3) is 0 Å². The molecule has 0 spiro atoms. The lowest BCUT2D eigenvalue weighted by atomic mass is 10.1. The number of rotatable bonds is 6. The Bertz CT molecular complexity index is 502. The highest BCUT2D eigenvalue weighted by Gasteiger charge is 2.16. The number of anilines is 1. The second kappa shape index (κ2) is 6.85. The van der Waals surface area contributed by atoms with E-state index in [1.54, 1.807) is 0 Å². The molecule has 110 valence electrons. The molecule has 0 saturated carbocycles. The number of non-ortho nitro benzene ring substituents is 1. The Morgan fingerprint density at radius 2 is 2.15 bits per heavy atom. The van der Waals surface area contributed by atoms with Crippen LogP contribution < -0.4 is 11.1 Å². The lowest BCUT2D eigenvalue weighted by molar-refractivity contribution is -0.384. The summed E-state index contributed by atoms with van der Waals surface area (Å²) in [6, 6.07) is 3.81. The largest absolute Gasteiger partial charge is 0.398 e. The summed E-state index contributed by atoms with van der Waals surface area (Å²) in [6.45, 7) is 2.72. The molecule has 0 aliphatic rings. The van der Waals surface area contributed by atoms with Gasteiger partial charge in [0.05, 0.1) is 10.5 Å². The molecule has 0 radical (unpaired) electrons. The van der Waals surface area contributed by atoms with E-state index in [1.807, 2.05) is 25.9 Å². The van der Waals surface area contributed by atoms with Crippen molar-refractivity contribution in [2.75, 3.05) is 26.4 Å². The van der Waals surface area contributed by atoms with Gasteiger partial charge in [-0.25, -0.2) is 0 Å². The molecule has 0 aromatic heterocycles. The van der Waals surface area contributed by atoms with Gasteiger partial charge in [-0.1, -0.05) is 0 Å². The third-order valence-corrected chi connectivity index (χ3v) is 2.88. The first-order valence-corrected chi connectivity index (χ1v) is 6.30. The summed E-state index contributed by atoms with van der Waals surface area (Å²) < 4.78 is 0. The van der Waals surface area contributed by atoms with Gasteiger partial charge >= 0.3 is 0 Å². The van der Waals surface area contributed by atoms with Crippen LogP contribution in [0, 0.1) is 10.1 Å². The molecule has 1 aromatic carbocycles. The number of hydrogen-bond donors (Lipinski definition) is 2. The highest BCUT2D eigenvalue weighted by atomic mass is 16.6. The van der Waals surface area contributed by atoms with Crippen molar-refractivity contribution in [2.24, 2.45) is 0 Å². The fourth-order valence-electron chi connectivity index (χ4n) is 1.68. The maximum Gasteiger partial charge on any atom is 0.270 e. The molecule has 7 nitrogen and oxygen atoms in total.